The molecule has 0 atom stereocenters. The van der Waals surface area contributed by atoms with Gasteiger partial charge in [0.2, 0.25) is 5.95 Å². The third-order valence-corrected chi connectivity index (χ3v) is 4.14. The van der Waals surface area contributed by atoms with E-state index < -0.39 is 0 Å². The molecule has 0 aliphatic heterocycles. The first-order valence-corrected chi connectivity index (χ1v) is 8.74. The van der Waals surface area contributed by atoms with E-state index in [1.807, 2.05) is 60.7 Å². The van der Waals surface area contributed by atoms with E-state index in [1.54, 1.807) is 19.2 Å². The van der Waals surface area contributed by atoms with Gasteiger partial charge in [-0.3, -0.25) is 0 Å². The first-order valence-electron chi connectivity index (χ1n) is 8.74. The zero-order valence-electron chi connectivity index (χ0n) is 15.2. The summed E-state index contributed by atoms with van der Waals surface area (Å²) in [4.78, 5) is 13.6. The van der Waals surface area contributed by atoms with Crippen LogP contribution in [0.2, 0.25) is 0 Å². The van der Waals surface area contributed by atoms with Crippen LogP contribution in [0, 0.1) is 0 Å². The van der Waals surface area contributed by atoms with Crippen molar-refractivity contribution in [1.82, 2.24) is 15.0 Å². The zero-order chi connectivity index (χ0) is 19.3. The van der Waals surface area contributed by atoms with Crippen molar-refractivity contribution in [2.24, 2.45) is 0 Å². The van der Waals surface area contributed by atoms with E-state index in [4.69, 9.17) is 4.74 Å². The SMILES string of the molecule is COc1ccc(-c2nc(Nc3ccccc3)nc(-c3ccccc3)n2)c(O)c1. The number of phenols is 1. The largest absolute Gasteiger partial charge is 0.507 e. The third-order valence-electron chi connectivity index (χ3n) is 4.14. The minimum absolute atomic E-state index is 0.0372. The second-order valence-corrected chi connectivity index (χ2v) is 6.05. The van der Waals surface area contributed by atoms with Crippen molar-refractivity contribution in [2.75, 3.05) is 12.4 Å². The second kappa shape index (κ2) is 7.75. The molecule has 3 aromatic carbocycles. The summed E-state index contributed by atoms with van der Waals surface area (Å²) >= 11 is 0. The van der Waals surface area contributed by atoms with Crippen LogP contribution in [0.1, 0.15) is 0 Å². The molecule has 0 amide bonds. The Kier molecular flexibility index (Phi) is 4.84. The Balaban J connectivity index is 1.82. The van der Waals surface area contributed by atoms with Gasteiger partial charge in [0.25, 0.3) is 0 Å². The van der Waals surface area contributed by atoms with Crippen LogP contribution >= 0.6 is 0 Å². The number of benzene rings is 3. The number of rotatable bonds is 5. The van der Waals surface area contributed by atoms with Crippen molar-refractivity contribution in [3.8, 4) is 34.3 Å². The number of hydrogen-bond acceptors (Lipinski definition) is 6. The monoisotopic (exact) mass is 370 g/mol. The highest BCUT2D eigenvalue weighted by atomic mass is 16.5. The summed E-state index contributed by atoms with van der Waals surface area (Å²) in [6, 6.07) is 24.3. The first-order chi connectivity index (χ1) is 13.7. The summed E-state index contributed by atoms with van der Waals surface area (Å²) < 4.78 is 5.16. The summed E-state index contributed by atoms with van der Waals surface area (Å²) in [6.45, 7) is 0. The van der Waals surface area contributed by atoms with Crippen molar-refractivity contribution >= 4 is 11.6 Å². The van der Waals surface area contributed by atoms with Crippen LogP contribution in [0.5, 0.6) is 11.5 Å². The fourth-order valence-corrected chi connectivity index (χ4v) is 2.75. The predicted octanol–water partition coefficient (Wildman–Crippen LogP) is 4.66. The van der Waals surface area contributed by atoms with Crippen LogP contribution in [0.25, 0.3) is 22.8 Å². The highest BCUT2D eigenvalue weighted by Gasteiger charge is 2.14. The fraction of sp³-hybridized carbons (Fsp3) is 0.0455. The lowest BCUT2D eigenvalue weighted by molar-refractivity contribution is 0.408. The maximum Gasteiger partial charge on any atom is 0.231 e. The first kappa shape index (κ1) is 17.5. The molecule has 0 radical (unpaired) electrons. The van der Waals surface area contributed by atoms with Gasteiger partial charge in [-0.1, -0.05) is 48.5 Å². The van der Waals surface area contributed by atoms with Crippen molar-refractivity contribution in [3.05, 3.63) is 78.9 Å². The lowest BCUT2D eigenvalue weighted by Gasteiger charge is -2.11. The number of phenolic OH excluding ortho intramolecular Hbond substituents is 1. The maximum atomic E-state index is 10.4. The number of methoxy groups -OCH3 is 1. The summed E-state index contributed by atoms with van der Waals surface area (Å²) in [5.74, 6) is 1.87. The van der Waals surface area contributed by atoms with Gasteiger partial charge in [0, 0.05) is 17.3 Å². The van der Waals surface area contributed by atoms with E-state index in [2.05, 4.69) is 20.3 Å². The highest BCUT2D eigenvalue weighted by Crippen LogP contribution is 2.32. The van der Waals surface area contributed by atoms with Crippen LogP contribution in [0.3, 0.4) is 0 Å². The van der Waals surface area contributed by atoms with Crippen LogP contribution in [-0.2, 0) is 0 Å². The van der Waals surface area contributed by atoms with Crippen molar-refractivity contribution < 1.29 is 9.84 Å². The number of hydrogen-bond donors (Lipinski definition) is 2. The number of ether oxygens (including phenoxy) is 1. The number of nitrogens with zero attached hydrogens (tertiary/aromatic N) is 3. The van der Waals surface area contributed by atoms with Crippen LogP contribution in [-0.4, -0.2) is 27.2 Å². The standard InChI is InChI=1S/C22H18N4O2/c1-28-17-12-13-18(19(27)14-17)21-24-20(15-8-4-2-5-9-15)25-22(26-21)23-16-10-6-3-7-11-16/h2-14,27H,1H3,(H,23,24,25,26). The topological polar surface area (TPSA) is 80.2 Å². The Bertz CT molecular complexity index is 1090. The van der Waals surface area contributed by atoms with Gasteiger partial charge >= 0.3 is 0 Å². The van der Waals surface area contributed by atoms with Crippen molar-refractivity contribution in [1.29, 1.82) is 0 Å². The van der Waals surface area contributed by atoms with Gasteiger partial charge < -0.3 is 15.2 Å². The molecule has 6 heteroatoms. The molecular weight excluding hydrogens is 352 g/mol. The molecular formula is C22H18N4O2. The molecule has 1 heterocycles. The summed E-state index contributed by atoms with van der Waals surface area (Å²) in [5, 5.41) is 13.6. The fourth-order valence-electron chi connectivity index (χ4n) is 2.75. The van der Waals surface area contributed by atoms with Crippen LogP contribution in [0.4, 0.5) is 11.6 Å². The van der Waals surface area contributed by atoms with Crippen molar-refractivity contribution in [2.45, 2.75) is 0 Å². The smallest absolute Gasteiger partial charge is 0.231 e. The summed E-state index contributed by atoms with van der Waals surface area (Å²) in [5.41, 5.74) is 2.21. The number of anilines is 2. The minimum Gasteiger partial charge on any atom is -0.507 e. The maximum absolute atomic E-state index is 10.4. The Morgan fingerprint density at radius 3 is 2.14 bits per heavy atom. The average Bonchev–Trinajstić information content (AvgIpc) is 2.74. The third kappa shape index (κ3) is 3.76. The van der Waals surface area contributed by atoms with E-state index >= 15 is 0 Å². The Hall–Kier alpha value is -3.93. The van der Waals surface area contributed by atoms with Crippen molar-refractivity contribution in [3.63, 3.8) is 0 Å². The van der Waals surface area contributed by atoms with Crippen LogP contribution < -0.4 is 10.1 Å². The molecule has 1 aromatic heterocycles. The molecule has 4 aromatic rings. The Morgan fingerprint density at radius 1 is 0.786 bits per heavy atom. The number of para-hydroxylation sites is 1. The Labute approximate surface area is 162 Å². The molecule has 138 valence electrons. The van der Waals surface area contributed by atoms with Gasteiger partial charge in [-0.05, 0) is 24.3 Å². The van der Waals surface area contributed by atoms with E-state index in [0.717, 1.165) is 11.3 Å². The summed E-state index contributed by atoms with van der Waals surface area (Å²) in [6.07, 6.45) is 0. The molecule has 28 heavy (non-hydrogen) atoms. The molecule has 4 rings (SSSR count). The van der Waals surface area contributed by atoms with Gasteiger partial charge in [-0.25, -0.2) is 4.98 Å². The van der Waals surface area contributed by atoms with Gasteiger partial charge in [-0.15, -0.1) is 0 Å². The number of aromatic nitrogens is 3. The van der Waals surface area contributed by atoms with Gasteiger partial charge in [0.15, 0.2) is 11.6 Å². The molecule has 2 N–H and O–H groups in total. The number of aromatic hydroxyl groups is 1. The van der Waals surface area contributed by atoms with E-state index in [0.29, 0.717) is 28.9 Å². The molecule has 0 aliphatic carbocycles. The molecule has 0 aliphatic rings. The zero-order valence-corrected chi connectivity index (χ0v) is 15.2. The predicted molar refractivity (Wildman–Crippen MR) is 109 cm³/mol. The lowest BCUT2D eigenvalue weighted by Crippen LogP contribution is -2.03. The molecule has 0 bridgehead atoms. The Morgan fingerprint density at radius 2 is 1.46 bits per heavy atom. The minimum atomic E-state index is 0.0372. The summed E-state index contributed by atoms with van der Waals surface area (Å²) in [7, 11) is 1.55. The molecule has 0 saturated carbocycles. The molecule has 0 unspecified atom stereocenters. The normalized spacial score (nSPS) is 10.5. The van der Waals surface area contributed by atoms with Crippen LogP contribution in [0.15, 0.2) is 78.9 Å². The second-order valence-electron chi connectivity index (χ2n) is 6.05. The quantitative estimate of drug-likeness (QED) is 0.532. The highest BCUT2D eigenvalue weighted by molar-refractivity contribution is 5.69. The average molecular weight is 370 g/mol. The molecule has 6 nitrogen and oxygen atoms in total. The lowest BCUT2D eigenvalue weighted by atomic mass is 10.1. The van der Waals surface area contributed by atoms with E-state index in [1.165, 1.54) is 6.07 Å². The molecule has 0 fully saturated rings. The van der Waals surface area contributed by atoms with Gasteiger partial charge in [0.05, 0.1) is 12.7 Å². The van der Waals surface area contributed by atoms with E-state index in [9.17, 15) is 5.11 Å². The molecule has 0 saturated heterocycles. The molecule has 0 spiro atoms. The van der Waals surface area contributed by atoms with E-state index in [-0.39, 0.29) is 5.75 Å². The number of nitrogens with one attached hydrogen (secondary N) is 1. The van der Waals surface area contributed by atoms with Gasteiger partial charge in [0.1, 0.15) is 11.5 Å². The van der Waals surface area contributed by atoms with Gasteiger partial charge in [-0.2, -0.15) is 9.97 Å².